The van der Waals surface area contributed by atoms with Gasteiger partial charge in [-0.2, -0.15) is 0 Å². The number of carboxylic acids is 1. The summed E-state index contributed by atoms with van der Waals surface area (Å²) in [4.78, 5) is 9.32. The number of carboxylic acid groups (broad SMARTS) is 1. The van der Waals surface area contributed by atoms with Gasteiger partial charge in [0.25, 0.3) is 0 Å². The zero-order valence-electron chi connectivity index (χ0n) is 4.44. The van der Waals surface area contributed by atoms with Crippen LogP contribution in [0.2, 0.25) is 0 Å². The van der Waals surface area contributed by atoms with E-state index < -0.39 is 5.97 Å². The molecular formula is C2H4BrKO2. The van der Waals surface area contributed by atoms with Gasteiger partial charge in [0, 0.05) is 0 Å². The van der Waals surface area contributed by atoms with Crippen molar-refractivity contribution in [1.29, 1.82) is 0 Å². The van der Waals surface area contributed by atoms with Gasteiger partial charge in [-0.1, -0.05) is 15.9 Å². The van der Waals surface area contributed by atoms with Gasteiger partial charge in [0.1, 0.15) is 5.33 Å². The van der Waals surface area contributed by atoms with E-state index in [0.29, 0.717) is 0 Å². The number of alkyl halides is 1. The van der Waals surface area contributed by atoms with Crippen LogP contribution in [0.1, 0.15) is 1.43 Å². The zero-order chi connectivity index (χ0) is 4.28. The van der Waals surface area contributed by atoms with Gasteiger partial charge >= 0.3 is 57.4 Å². The molecule has 0 aliphatic carbocycles. The molecule has 32 valence electrons. The molecule has 0 radical (unpaired) electrons. The molecule has 0 fully saturated rings. The standard InChI is InChI=1S/C2H3BrO2.K.H/c3-1-2(4)5;;/h1H2,(H,4,5);;/q;+1;-1. The van der Waals surface area contributed by atoms with E-state index in [1.165, 1.54) is 0 Å². The first kappa shape index (κ1) is 10.5. The summed E-state index contributed by atoms with van der Waals surface area (Å²) in [6.07, 6.45) is 0. The Bertz CT molecular complexity index is 51.0. The predicted molar refractivity (Wildman–Crippen MR) is 22.5 cm³/mol. The zero-order valence-corrected chi connectivity index (χ0v) is 8.15. The van der Waals surface area contributed by atoms with Gasteiger partial charge in [-0.3, -0.25) is 4.79 Å². The minimum atomic E-state index is -0.829. The van der Waals surface area contributed by atoms with Crippen molar-refractivity contribution in [1.82, 2.24) is 0 Å². The number of halogens is 1. The van der Waals surface area contributed by atoms with E-state index in [9.17, 15) is 4.79 Å². The van der Waals surface area contributed by atoms with Crippen LogP contribution in [0.5, 0.6) is 0 Å². The summed E-state index contributed by atoms with van der Waals surface area (Å²) in [5.74, 6) is -0.829. The molecule has 0 spiro atoms. The molecule has 0 amide bonds. The molecule has 1 N–H and O–H groups in total. The Labute approximate surface area is 88.3 Å². The van der Waals surface area contributed by atoms with E-state index in [1.807, 2.05) is 0 Å². The molecule has 4 heteroatoms. The van der Waals surface area contributed by atoms with Crippen LogP contribution in [0.3, 0.4) is 0 Å². The number of hydrogen-bond donors (Lipinski definition) is 1. The molecule has 0 aromatic heterocycles. The molecule has 0 aliphatic heterocycles. The van der Waals surface area contributed by atoms with E-state index in [-0.39, 0.29) is 58.1 Å². The summed E-state index contributed by atoms with van der Waals surface area (Å²) in [7, 11) is 0. The Balaban J connectivity index is -0.0000000800. The van der Waals surface area contributed by atoms with E-state index in [1.54, 1.807) is 0 Å². The molecule has 0 rings (SSSR count). The number of hydrogen-bond acceptors (Lipinski definition) is 1. The van der Waals surface area contributed by atoms with Crippen molar-refractivity contribution < 1.29 is 62.7 Å². The largest absolute Gasteiger partial charge is 1.00 e. The Hall–Kier alpha value is 1.59. The maximum absolute atomic E-state index is 9.32. The smallest absolute Gasteiger partial charge is 1.00 e. The van der Waals surface area contributed by atoms with Gasteiger partial charge in [-0.25, -0.2) is 0 Å². The summed E-state index contributed by atoms with van der Waals surface area (Å²) in [5.41, 5.74) is 0. The van der Waals surface area contributed by atoms with Crippen LogP contribution in [0.4, 0.5) is 0 Å². The fourth-order valence-electron chi connectivity index (χ4n) is 0. The molecule has 2 nitrogen and oxygen atoms in total. The Morgan fingerprint density at radius 1 is 2.00 bits per heavy atom. The Morgan fingerprint density at radius 2 is 2.17 bits per heavy atom. The first-order chi connectivity index (χ1) is 2.27. The molecule has 0 aromatic rings. The van der Waals surface area contributed by atoms with Crippen LogP contribution >= 0.6 is 15.9 Å². The van der Waals surface area contributed by atoms with Gasteiger partial charge in [-0.15, -0.1) is 0 Å². The maximum atomic E-state index is 9.32. The van der Waals surface area contributed by atoms with E-state index in [4.69, 9.17) is 5.11 Å². The van der Waals surface area contributed by atoms with Gasteiger partial charge in [0.15, 0.2) is 0 Å². The molecule has 0 aliphatic rings. The average Bonchev–Trinajstić information content (AvgIpc) is 1.38. The quantitative estimate of drug-likeness (QED) is 0.359. The second kappa shape index (κ2) is 6.59. The van der Waals surface area contributed by atoms with Crippen LogP contribution in [0, 0.1) is 0 Å². The fourth-order valence-corrected chi connectivity index (χ4v) is 0. The SMILES string of the molecule is O=C(O)CBr.[H-].[K+]. The molecule has 0 bridgehead atoms. The molecule has 0 unspecified atom stereocenters. The van der Waals surface area contributed by atoms with Gasteiger partial charge < -0.3 is 6.53 Å². The van der Waals surface area contributed by atoms with Crippen LogP contribution in [-0.2, 0) is 4.79 Å². The number of rotatable bonds is 1. The van der Waals surface area contributed by atoms with E-state index in [0.717, 1.165) is 0 Å². The number of carbonyl (C=O) groups is 1. The Kier molecular flexibility index (Phi) is 11.6. The predicted octanol–water partition coefficient (Wildman–Crippen LogP) is -2.42. The topological polar surface area (TPSA) is 37.3 Å². The van der Waals surface area contributed by atoms with E-state index in [2.05, 4.69) is 15.9 Å². The normalized spacial score (nSPS) is 6.17. The third kappa shape index (κ3) is 9.14. The van der Waals surface area contributed by atoms with Gasteiger partial charge in [0.05, 0.1) is 0 Å². The van der Waals surface area contributed by atoms with Crippen molar-refractivity contribution in [3.05, 3.63) is 0 Å². The fraction of sp³-hybridized carbons (Fsp3) is 0.500. The van der Waals surface area contributed by atoms with E-state index >= 15 is 0 Å². The van der Waals surface area contributed by atoms with Crippen LogP contribution in [0.15, 0.2) is 0 Å². The van der Waals surface area contributed by atoms with Crippen molar-refractivity contribution in [2.24, 2.45) is 0 Å². The van der Waals surface area contributed by atoms with Crippen LogP contribution < -0.4 is 51.4 Å². The van der Waals surface area contributed by atoms with Gasteiger partial charge in [-0.05, 0) is 0 Å². The second-order valence-corrected chi connectivity index (χ2v) is 1.09. The first-order valence-electron chi connectivity index (χ1n) is 1.05. The first-order valence-corrected chi connectivity index (χ1v) is 2.17. The number of aliphatic carboxylic acids is 1. The van der Waals surface area contributed by atoms with Crippen LogP contribution in [0.25, 0.3) is 0 Å². The average molecular weight is 179 g/mol. The van der Waals surface area contributed by atoms with Crippen molar-refractivity contribution in [3.63, 3.8) is 0 Å². The van der Waals surface area contributed by atoms with Crippen molar-refractivity contribution in [3.8, 4) is 0 Å². The molecule has 0 heterocycles. The van der Waals surface area contributed by atoms with Gasteiger partial charge in [0.2, 0.25) is 0 Å². The van der Waals surface area contributed by atoms with Crippen LogP contribution in [-0.4, -0.2) is 16.4 Å². The summed E-state index contributed by atoms with van der Waals surface area (Å²) < 4.78 is 0. The second-order valence-electron chi connectivity index (χ2n) is 0.527. The summed E-state index contributed by atoms with van der Waals surface area (Å²) in [5, 5.41) is 7.71. The maximum Gasteiger partial charge on any atom is 1.00 e. The van der Waals surface area contributed by atoms with Crippen molar-refractivity contribution in [2.45, 2.75) is 0 Å². The third-order valence-corrected chi connectivity index (χ3v) is 0.594. The molecule has 6 heavy (non-hydrogen) atoms. The third-order valence-electron chi connectivity index (χ3n) is 0.114. The molecular weight excluding hydrogens is 175 g/mol. The summed E-state index contributed by atoms with van der Waals surface area (Å²) in [6, 6.07) is 0. The molecule has 0 aromatic carbocycles. The Morgan fingerprint density at radius 3 is 2.17 bits per heavy atom. The monoisotopic (exact) mass is 178 g/mol. The minimum absolute atomic E-state index is 0. The minimum Gasteiger partial charge on any atom is -1.00 e. The summed E-state index contributed by atoms with van der Waals surface area (Å²) in [6.45, 7) is 0. The molecule has 0 atom stereocenters. The molecule has 0 saturated heterocycles. The van der Waals surface area contributed by atoms with Crippen molar-refractivity contribution in [2.75, 3.05) is 5.33 Å². The van der Waals surface area contributed by atoms with Crippen molar-refractivity contribution >= 4 is 21.9 Å². The molecule has 0 saturated carbocycles. The summed E-state index contributed by atoms with van der Waals surface area (Å²) >= 11 is 2.71.